The van der Waals surface area contributed by atoms with Crippen LogP contribution in [0.25, 0.3) is 0 Å². The van der Waals surface area contributed by atoms with E-state index in [4.69, 9.17) is 25.8 Å². The number of ether oxygens (including phenoxy) is 3. The Bertz CT molecular complexity index is 690. The average Bonchev–Trinajstić information content (AvgIpc) is 2.62. The molecule has 0 fully saturated rings. The summed E-state index contributed by atoms with van der Waals surface area (Å²) in [6.07, 6.45) is -0.664. The summed E-state index contributed by atoms with van der Waals surface area (Å²) >= 11 is 6.03. The molecule has 5 nitrogen and oxygen atoms in total. The normalized spacial score (nSPS) is 12.8. The van der Waals surface area contributed by atoms with Gasteiger partial charge in [0.25, 0.3) is 5.91 Å². The van der Waals surface area contributed by atoms with Crippen LogP contribution in [0.4, 0.5) is 0 Å². The fourth-order valence-corrected chi connectivity index (χ4v) is 2.26. The van der Waals surface area contributed by atoms with Gasteiger partial charge in [-0.15, -0.1) is 0 Å². The second-order valence-corrected chi connectivity index (χ2v) is 5.99. The number of carbonyl (C=O) groups excluding carboxylic acids is 1. The average molecular weight is 364 g/mol. The molecule has 1 N–H and O–H groups in total. The zero-order chi connectivity index (χ0) is 18.2. The molecule has 2 rings (SSSR count). The quantitative estimate of drug-likeness (QED) is 0.777. The molecule has 2 aromatic rings. The minimum absolute atomic E-state index is 0.174. The van der Waals surface area contributed by atoms with E-state index in [1.54, 1.807) is 38.3 Å². The number of carbonyl (C=O) groups is 1. The largest absolute Gasteiger partial charge is 0.497 e. The first kappa shape index (κ1) is 18.9. The lowest BCUT2D eigenvalue weighted by Crippen LogP contribution is -2.43. The number of benzene rings is 2. The predicted molar refractivity (Wildman–Crippen MR) is 97.6 cm³/mol. The first-order chi connectivity index (χ1) is 12.0. The standard InChI is InChI=1S/C19H22ClNO4/c1-13(12-24-16-10-8-15(23-3)9-11-16)21-19(22)14(2)25-18-7-5-4-6-17(18)20/h4-11,13-14H,12H2,1-3H3,(H,21,22)/t13-,14+/m1/s1. The lowest BCUT2D eigenvalue weighted by Gasteiger charge is -2.19. The molecule has 134 valence electrons. The highest BCUT2D eigenvalue weighted by Crippen LogP contribution is 2.24. The summed E-state index contributed by atoms with van der Waals surface area (Å²) in [5.74, 6) is 1.72. The maximum absolute atomic E-state index is 12.2. The van der Waals surface area contributed by atoms with Crippen LogP contribution < -0.4 is 19.5 Å². The molecular formula is C19H22ClNO4. The number of para-hydroxylation sites is 1. The molecule has 0 heterocycles. The molecule has 0 aliphatic rings. The van der Waals surface area contributed by atoms with Crippen molar-refractivity contribution in [2.45, 2.75) is 26.0 Å². The summed E-state index contributed by atoms with van der Waals surface area (Å²) in [6, 6.07) is 14.1. The van der Waals surface area contributed by atoms with Gasteiger partial charge in [0.15, 0.2) is 6.10 Å². The number of methoxy groups -OCH3 is 1. The van der Waals surface area contributed by atoms with E-state index in [0.29, 0.717) is 23.1 Å². The van der Waals surface area contributed by atoms with E-state index in [1.165, 1.54) is 0 Å². The summed E-state index contributed by atoms with van der Waals surface area (Å²) in [4.78, 5) is 12.2. The zero-order valence-electron chi connectivity index (χ0n) is 14.5. The van der Waals surface area contributed by atoms with E-state index in [1.807, 2.05) is 31.2 Å². The van der Waals surface area contributed by atoms with Crippen molar-refractivity contribution in [1.82, 2.24) is 5.32 Å². The second kappa shape index (κ2) is 9.18. The summed E-state index contributed by atoms with van der Waals surface area (Å²) in [5, 5.41) is 3.33. The highest BCUT2D eigenvalue weighted by atomic mass is 35.5. The van der Waals surface area contributed by atoms with Gasteiger partial charge in [-0.1, -0.05) is 23.7 Å². The molecule has 0 spiro atoms. The maximum Gasteiger partial charge on any atom is 0.261 e. The van der Waals surface area contributed by atoms with Crippen LogP contribution in [0.5, 0.6) is 17.2 Å². The number of amides is 1. The third-order valence-electron chi connectivity index (χ3n) is 3.46. The van der Waals surface area contributed by atoms with Gasteiger partial charge < -0.3 is 19.5 Å². The van der Waals surface area contributed by atoms with Gasteiger partial charge in [0.05, 0.1) is 18.2 Å². The van der Waals surface area contributed by atoms with Crippen molar-refractivity contribution in [2.24, 2.45) is 0 Å². The van der Waals surface area contributed by atoms with E-state index >= 15 is 0 Å². The highest BCUT2D eigenvalue weighted by molar-refractivity contribution is 6.32. The van der Waals surface area contributed by atoms with Gasteiger partial charge in [-0.3, -0.25) is 4.79 Å². The minimum atomic E-state index is -0.664. The Morgan fingerprint density at radius 2 is 1.72 bits per heavy atom. The zero-order valence-corrected chi connectivity index (χ0v) is 15.2. The van der Waals surface area contributed by atoms with Crippen LogP contribution in [0.2, 0.25) is 5.02 Å². The van der Waals surface area contributed by atoms with Gasteiger partial charge in [0, 0.05) is 0 Å². The molecule has 0 radical (unpaired) electrons. The molecule has 0 unspecified atom stereocenters. The Labute approximate surface area is 152 Å². The van der Waals surface area contributed by atoms with Crippen LogP contribution in [0, 0.1) is 0 Å². The Balaban J connectivity index is 1.79. The first-order valence-corrected chi connectivity index (χ1v) is 8.36. The molecule has 0 bridgehead atoms. The number of nitrogens with one attached hydrogen (secondary N) is 1. The smallest absolute Gasteiger partial charge is 0.261 e. The molecule has 2 aromatic carbocycles. The van der Waals surface area contributed by atoms with Crippen molar-refractivity contribution >= 4 is 17.5 Å². The van der Waals surface area contributed by atoms with Gasteiger partial charge >= 0.3 is 0 Å². The van der Waals surface area contributed by atoms with Crippen molar-refractivity contribution in [1.29, 1.82) is 0 Å². The molecule has 0 aliphatic carbocycles. The maximum atomic E-state index is 12.2. The molecule has 0 saturated heterocycles. The van der Waals surface area contributed by atoms with Crippen LogP contribution >= 0.6 is 11.6 Å². The first-order valence-electron chi connectivity index (χ1n) is 7.98. The van der Waals surface area contributed by atoms with E-state index < -0.39 is 6.10 Å². The molecule has 1 amide bonds. The molecule has 0 aromatic heterocycles. The van der Waals surface area contributed by atoms with Crippen LogP contribution in [0.1, 0.15) is 13.8 Å². The van der Waals surface area contributed by atoms with E-state index in [0.717, 1.165) is 5.75 Å². The van der Waals surface area contributed by atoms with Gasteiger partial charge in [0.2, 0.25) is 0 Å². The Morgan fingerprint density at radius 3 is 2.36 bits per heavy atom. The third kappa shape index (κ3) is 5.87. The van der Waals surface area contributed by atoms with Crippen molar-refractivity contribution in [3.63, 3.8) is 0 Å². The molecule has 0 saturated carbocycles. The van der Waals surface area contributed by atoms with Gasteiger partial charge in [-0.25, -0.2) is 0 Å². The predicted octanol–water partition coefficient (Wildman–Crippen LogP) is 3.70. The van der Waals surface area contributed by atoms with Crippen LogP contribution in [0.15, 0.2) is 48.5 Å². The summed E-state index contributed by atoms with van der Waals surface area (Å²) in [6.45, 7) is 3.89. The SMILES string of the molecule is COc1ccc(OC[C@@H](C)NC(=O)[C@H](C)Oc2ccccc2Cl)cc1. The van der Waals surface area contributed by atoms with Gasteiger partial charge in [-0.05, 0) is 50.2 Å². The van der Waals surface area contributed by atoms with E-state index in [9.17, 15) is 4.79 Å². The van der Waals surface area contributed by atoms with Gasteiger partial charge in [-0.2, -0.15) is 0 Å². The van der Waals surface area contributed by atoms with Gasteiger partial charge in [0.1, 0.15) is 23.9 Å². The van der Waals surface area contributed by atoms with Crippen LogP contribution in [0.3, 0.4) is 0 Å². The van der Waals surface area contributed by atoms with Crippen molar-refractivity contribution in [2.75, 3.05) is 13.7 Å². The number of hydrogen-bond acceptors (Lipinski definition) is 4. The Hall–Kier alpha value is -2.40. The molecule has 6 heteroatoms. The van der Waals surface area contributed by atoms with Crippen LogP contribution in [-0.2, 0) is 4.79 Å². The van der Waals surface area contributed by atoms with E-state index in [-0.39, 0.29) is 11.9 Å². The third-order valence-corrected chi connectivity index (χ3v) is 3.77. The molecule has 2 atom stereocenters. The minimum Gasteiger partial charge on any atom is -0.497 e. The highest BCUT2D eigenvalue weighted by Gasteiger charge is 2.18. The lowest BCUT2D eigenvalue weighted by molar-refractivity contribution is -0.128. The Morgan fingerprint density at radius 1 is 1.08 bits per heavy atom. The molecular weight excluding hydrogens is 342 g/mol. The summed E-state index contributed by atoms with van der Waals surface area (Å²) < 4.78 is 16.3. The topological polar surface area (TPSA) is 56.8 Å². The molecule has 0 aliphatic heterocycles. The monoisotopic (exact) mass is 363 g/mol. The number of halogens is 1. The fraction of sp³-hybridized carbons (Fsp3) is 0.316. The lowest BCUT2D eigenvalue weighted by atomic mass is 10.3. The van der Waals surface area contributed by atoms with Crippen molar-refractivity contribution in [3.8, 4) is 17.2 Å². The fourth-order valence-electron chi connectivity index (χ4n) is 2.08. The summed E-state index contributed by atoms with van der Waals surface area (Å²) in [5.41, 5.74) is 0. The van der Waals surface area contributed by atoms with E-state index in [2.05, 4.69) is 5.32 Å². The van der Waals surface area contributed by atoms with Crippen molar-refractivity contribution in [3.05, 3.63) is 53.6 Å². The van der Waals surface area contributed by atoms with Crippen LogP contribution in [-0.4, -0.2) is 31.8 Å². The number of hydrogen-bond donors (Lipinski definition) is 1. The number of rotatable bonds is 8. The Kier molecular flexibility index (Phi) is 6.95. The van der Waals surface area contributed by atoms with Crippen molar-refractivity contribution < 1.29 is 19.0 Å². The second-order valence-electron chi connectivity index (χ2n) is 5.59. The summed E-state index contributed by atoms with van der Waals surface area (Å²) in [7, 11) is 1.61. The molecule has 25 heavy (non-hydrogen) atoms.